The summed E-state index contributed by atoms with van der Waals surface area (Å²) in [6.07, 6.45) is 3.63. The minimum atomic E-state index is -0.460. The molecule has 1 rings (SSSR count). The third kappa shape index (κ3) is 2.32. The fourth-order valence-corrected chi connectivity index (χ4v) is 1.01. The number of rotatable bonds is 4. The van der Waals surface area contributed by atoms with Crippen LogP contribution in [0.25, 0.3) is 0 Å². The van der Waals surface area contributed by atoms with Crippen LogP contribution in [0.1, 0.15) is 18.1 Å². The average molecular weight is 170 g/mol. The first-order valence-electron chi connectivity index (χ1n) is 3.89. The van der Waals surface area contributed by atoms with Crippen LogP contribution < -0.4 is 0 Å². The van der Waals surface area contributed by atoms with Crippen molar-refractivity contribution in [2.75, 3.05) is 13.7 Å². The summed E-state index contributed by atoms with van der Waals surface area (Å²) in [5.41, 5.74) is 0.842. The molecule has 0 amide bonds. The lowest BCUT2D eigenvalue weighted by Crippen LogP contribution is -2.00. The van der Waals surface area contributed by atoms with Crippen LogP contribution in [-0.2, 0) is 11.8 Å². The first-order valence-corrected chi connectivity index (χ1v) is 3.89. The summed E-state index contributed by atoms with van der Waals surface area (Å²) >= 11 is 0. The molecule has 68 valence electrons. The number of aryl methyl sites for hydroxylation is 1. The van der Waals surface area contributed by atoms with Crippen molar-refractivity contribution in [3.63, 3.8) is 0 Å². The highest BCUT2D eigenvalue weighted by atomic mass is 16.5. The minimum absolute atomic E-state index is 0.460. The molecule has 0 aliphatic rings. The third-order valence-corrected chi connectivity index (χ3v) is 1.71. The summed E-state index contributed by atoms with van der Waals surface area (Å²) in [7, 11) is 3.45. The third-order valence-electron chi connectivity index (χ3n) is 1.71. The molecule has 0 saturated heterocycles. The molecule has 1 unspecified atom stereocenters. The molecule has 4 heteroatoms. The highest BCUT2D eigenvalue weighted by Crippen LogP contribution is 2.14. The largest absolute Gasteiger partial charge is 0.388 e. The van der Waals surface area contributed by atoms with Gasteiger partial charge < -0.3 is 9.84 Å². The molecule has 1 N–H and O–H groups in total. The number of aliphatic hydroxyl groups excluding tert-OH is 1. The summed E-state index contributed by atoms with van der Waals surface area (Å²) in [4.78, 5) is 0. The van der Waals surface area contributed by atoms with Gasteiger partial charge in [0.2, 0.25) is 0 Å². The van der Waals surface area contributed by atoms with Gasteiger partial charge >= 0.3 is 0 Å². The molecule has 0 aromatic carbocycles. The fraction of sp³-hybridized carbons (Fsp3) is 0.625. The van der Waals surface area contributed by atoms with Crippen LogP contribution in [0.15, 0.2) is 12.4 Å². The van der Waals surface area contributed by atoms with E-state index in [4.69, 9.17) is 4.74 Å². The van der Waals surface area contributed by atoms with Crippen molar-refractivity contribution < 1.29 is 9.84 Å². The Bertz CT molecular complexity index is 235. The van der Waals surface area contributed by atoms with Crippen molar-refractivity contribution in [2.24, 2.45) is 7.05 Å². The van der Waals surface area contributed by atoms with Crippen molar-refractivity contribution in [2.45, 2.75) is 12.5 Å². The molecule has 4 nitrogen and oxygen atoms in total. The number of nitrogens with zero attached hydrogens (tertiary/aromatic N) is 2. The second-order valence-electron chi connectivity index (χ2n) is 2.74. The maximum Gasteiger partial charge on any atom is 0.0842 e. The van der Waals surface area contributed by atoms with Gasteiger partial charge in [0.05, 0.1) is 12.3 Å². The van der Waals surface area contributed by atoms with Crippen LogP contribution in [0, 0.1) is 0 Å². The summed E-state index contributed by atoms with van der Waals surface area (Å²) in [5.74, 6) is 0. The van der Waals surface area contributed by atoms with Crippen LogP contribution in [0.3, 0.4) is 0 Å². The Balaban J connectivity index is 2.47. The van der Waals surface area contributed by atoms with Gasteiger partial charge in [0.25, 0.3) is 0 Å². The van der Waals surface area contributed by atoms with Gasteiger partial charge in [-0.1, -0.05) is 0 Å². The standard InChI is InChI=1S/C8H14N2O2/c1-10-6-7(5-9-10)8(11)3-4-12-2/h5-6,8,11H,3-4H2,1-2H3. The second-order valence-corrected chi connectivity index (χ2v) is 2.74. The van der Waals surface area contributed by atoms with E-state index in [9.17, 15) is 5.11 Å². The summed E-state index contributed by atoms with van der Waals surface area (Å²) in [6.45, 7) is 0.566. The Morgan fingerprint density at radius 2 is 2.50 bits per heavy atom. The molecule has 12 heavy (non-hydrogen) atoms. The molecule has 0 radical (unpaired) electrons. The Hall–Kier alpha value is -0.870. The van der Waals surface area contributed by atoms with Crippen LogP contribution in [0.4, 0.5) is 0 Å². The molecular weight excluding hydrogens is 156 g/mol. The number of aromatic nitrogens is 2. The van der Waals surface area contributed by atoms with E-state index in [-0.39, 0.29) is 0 Å². The molecule has 0 aliphatic carbocycles. The Morgan fingerprint density at radius 1 is 1.75 bits per heavy atom. The van der Waals surface area contributed by atoms with Gasteiger partial charge in [-0.2, -0.15) is 5.10 Å². The van der Waals surface area contributed by atoms with Gasteiger partial charge in [0.15, 0.2) is 0 Å². The predicted molar refractivity (Wildman–Crippen MR) is 44.7 cm³/mol. The zero-order chi connectivity index (χ0) is 8.97. The minimum Gasteiger partial charge on any atom is -0.388 e. The number of hydrogen-bond acceptors (Lipinski definition) is 3. The highest BCUT2D eigenvalue weighted by Gasteiger charge is 2.08. The SMILES string of the molecule is COCCC(O)c1cnn(C)c1. The Labute approximate surface area is 71.8 Å². The Morgan fingerprint density at radius 3 is 3.00 bits per heavy atom. The highest BCUT2D eigenvalue weighted by molar-refractivity contribution is 5.07. The monoisotopic (exact) mass is 170 g/mol. The maximum atomic E-state index is 9.53. The molecule has 0 spiro atoms. The first kappa shape index (κ1) is 9.22. The molecule has 1 heterocycles. The van der Waals surface area contributed by atoms with Crippen molar-refractivity contribution >= 4 is 0 Å². The normalized spacial score (nSPS) is 13.2. The van der Waals surface area contributed by atoms with Crippen LogP contribution >= 0.6 is 0 Å². The topological polar surface area (TPSA) is 47.3 Å². The van der Waals surface area contributed by atoms with Crippen molar-refractivity contribution in [3.8, 4) is 0 Å². The predicted octanol–water partition coefficient (Wildman–Crippen LogP) is 0.490. The molecule has 1 atom stereocenters. The van der Waals surface area contributed by atoms with E-state index in [0.717, 1.165) is 5.56 Å². The van der Waals surface area contributed by atoms with E-state index in [1.54, 1.807) is 24.2 Å². The molecule has 0 aliphatic heterocycles. The summed E-state index contributed by atoms with van der Waals surface area (Å²) in [5, 5.41) is 13.5. The van der Waals surface area contributed by atoms with Crippen molar-refractivity contribution in [3.05, 3.63) is 18.0 Å². The number of hydrogen-bond donors (Lipinski definition) is 1. The zero-order valence-electron chi connectivity index (χ0n) is 7.40. The lowest BCUT2D eigenvalue weighted by molar-refractivity contribution is 0.110. The lowest BCUT2D eigenvalue weighted by atomic mass is 10.1. The van der Waals surface area contributed by atoms with E-state index in [1.165, 1.54) is 0 Å². The molecule has 1 aromatic heterocycles. The number of aliphatic hydroxyl groups is 1. The van der Waals surface area contributed by atoms with Crippen LogP contribution in [0.2, 0.25) is 0 Å². The van der Waals surface area contributed by atoms with Gasteiger partial charge in [-0.25, -0.2) is 0 Å². The van der Waals surface area contributed by atoms with Gasteiger partial charge in [0.1, 0.15) is 0 Å². The van der Waals surface area contributed by atoms with Gasteiger partial charge in [-0.05, 0) is 0 Å². The van der Waals surface area contributed by atoms with E-state index in [2.05, 4.69) is 5.10 Å². The Kier molecular flexibility index (Phi) is 3.25. The molecule has 1 aromatic rings. The number of methoxy groups -OCH3 is 1. The van der Waals surface area contributed by atoms with Gasteiger partial charge in [0, 0.05) is 38.9 Å². The second kappa shape index (κ2) is 4.23. The van der Waals surface area contributed by atoms with Crippen LogP contribution in [-0.4, -0.2) is 28.6 Å². The zero-order valence-corrected chi connectivity index (χ0v) is 7.40. The fourth-order valence-electron chi connectivity index (χ4n) is 1.01. The van der Waals surface area contributed by atoms with E-state index < -0.39 is 6.10 Å². The average Bonchev–Trinajstić information content (AvgIpc) is 2.47. The first-order chi connectivity index (χ1) is 5.74. The van der Waals surface area contributed by atoms with Crippen LogP contribution in [0.5, 0.6) is 0 Å². The van der Waals surface area contributed by atoms with E-state index in [1.807, 2.05) is 7.05 Å². The van der Waals surface area contributed by atoms with Gasteiger partial charge in [-0.3, -0.25) is 4.68 Å². The van der Waals surface area contributed by atoms with Gasteiger partial charge in [-0.15, -0.1) is 0 Å². The quantitative estimate of drug-likeness (QED) is 0.715. The smallest absolute Gasteiger partial charge is 0.0842 e. The molecule has 0 fully saturated rings. The molecule has 0 saturated carbocycles. The van der Waals surface area contributed by atoms with Crippen molar-refractivity contribution in [1.82, 2.24) is 9.78 Å². The number of ether oxygens (including phenoxy) is 1. The molecular formula is C8H14N2O2. The van der Waals surface area contributed by atoms with E-state index in [0.29, 0.717) is 13.0 Å². The van der Waals surface area contributed by atoms with E-state index >= 15 is 0 Å². The van der Waals surface area contributed by atoms with Crippen molar-refractivity contribution in [1.29, 1.82) is 0 Å². The maximum absolute atomic E-state index is 9.53. The molecule has 0 bridgehead atoms. The summed E-state index contributed by atoms with van der Waals surface area (Å²) < 4.78 is 6.53. The summed E-state index contributed by atoms with van der Waals surface area (Å²) in [6, 6.07) is 0. The lowest BCUT2D eigenvalue weighted by Gasteiger charge is -2.05.